The summed E-state index contributed by atoms with van der Waals surface area (Å²) >= 11 is 7.01. The van der Waals surface area contributed by atoms with Crippen molar-refractivity contribution >= 4 is 35.2 Å². The molecule has 2 heteroatoms. The molecule has 0 aliphatic heterocycles. The molecule has 1 aromatic carbocycles. The zero-order valence-corrected chi connectivity index (χ0v) is 11.3. The molecule has 0 nitrogen and oxygen atoms in total. The molecule has 1 rings (SSSR count). The van der Waals surface area contributed by atoms with Gasteiger partial charge in [0.05, 0.1) is 0 Å². The molecule has 0 aliphatic rings. The molecule has 0 aromatic heterocycles. The first kappa shape index (κ1) is 11.4. The van der Waals surface area contributed by atoms with E-state index in [1.54, 1.807) is 0 Å². The van der Waals surface area contributed by atoms with Gasteiger partial charge in [0, 0.05) is 8.82 Å². The maximum Gasteiger partial charge on any atom is 0.0342 e. The third kappa shape index (κ3) is 2.62. The van der Waals surface area contributed by atoms with E-state index in [9.17, 15) is 0 Å². The summed E-state index contributed by atoms with van der Waals surface area (Å²) in [5.41, 5.74) is 2.69. The predicted octanol–water partition coefficient (Wildman–Crippen LogP) is 4.59. The van der Waals surface area contributed by atoms with Crippen LogP contribution in [-0.4, -0.2) is 0 Å². The van der Waals surface area contributed by atoms with Crippen LogP contribution in [0, 0.1) is 0 Å². The molecule has 0 amide bonds. The van der Waals surface area contributed by atoms with Gasteiger partial charge in [0.1, 0.15) is 0 Å². The van der Waals surface area contributed by atoms with Gasteiger partial charge in [-0.2, -0.15) is 0 Å². The van der Waals surface area contributed by atoms with Gasteiger partial charge >= 0.3 is 0 Å². The molecular weight excluding hydrogens is 291 g/mol. The first-order valence-electron chi connectivity index (χ1n) is 4.50. The van der Waals surface area contributed by atoms with Gasteiger partial charge in [0.2, 0.25) is 0 Å². The van der Waals surface area contributed by atoms with E-state index in [0.717, 1.165) is 0 Å². The Morgan fingerprint density at radius 1 is 1.15 bits per heavy atom. The molecule has 0 N–H and O–H groups in total. The quantitative estimate of drug-likeness (QED) is 0.461. The molecule has 1 unspecified atom stereocenters. The van der Waals surface area contributed by atoms with Crippen LogP contribution in [0.4, 0.5) is 0 Å². The van der Waals surface area contributed by atoms with E-state index in [4.69, 9.17) is 0 Å². The summed E-state index contributed by atoms with van der Waals surface area (Å²) in [7, 11) is 0. The van der Waals surface area contributed by atoms with Gasteiger partial charge in [-0.05, 0) is 24.0 Å². The average Bonchev–Trinajstić information content (AvgIpc) is 2.03. The van der Waals surface area contributed by atoms with Gasteiger partial charge in [-0.3, -0.25) is 0 Å². The summed E-state index contributed by atoms with van der Waals surface area (Å²) in [6.45, 7) is 6.60. The molecule has 0 spiro atoms. The second-order valence-electron chi connectivity index (χ2n) is 3.56. The first-order valence-corrected chi connectivity index (χ1v) is 6.19. The largest absolute Gasteiger partial charge is 0.143 e. The highest BCUT2D eigenvalue weighted by molar-refractivity contribution is 14.1. The zero-order valence-electron chi connectivity index (χ0n) is 8.21. The van der Waals surface area contributed by atoms with Crippen molar-refractivity contribution in [1.82, 2.24) is 0 Å². The number of alkyl halides is 1. The van der Waals surface area contributed by atoms with Crippen molar-refractivity contribution in [2.45, 2.75) is 35.5 Å². The van der Waals surface area contributed by atoms with Crippen LogP contribution in [-0.2, 0) is 0 Å². The highest BCUT2D eigenvalue weighted by Gasteiger charge is 2.10. The third-order valence-corrected chi connectivity index (χ3v) is 3.34. The lowest BCUT2D eigenvalue weighted by Crippen LogP contribution is -1.94. The summed E-state index contributed by atoms with van der Waals surface area (Å²) in [6.07, 6.45) is 0. The lowest BCUT2D eigenvalue weighted by molar-refractivity contribution is 0.833. The predicted molar refractivity (Wildman–Crippen MR) is 70.2 cm³/mol. The Morgan fingerprint density at radius 3 is 2.15 bits per heavy atom. The molecule has 0 bridgehead atoms. The normalized spacial score (nSPS) is 13.4. The Hall–Kier alpha value is 0.300. The monoisotopic (exact) mass is 306 g/mol. The Morgan fingerprint density at radius 2 is 1.69 bits per heavy atom. The molecule has 0 radical (unpaired) electrons. The Balaban J connectivity index is 3.18. The van der Waals surface area contributed by atoms with Gasteiger partial charge in [-0.1, -0.05) is 54.6 Å². The maximum absolute atomic E-state index is 4.59. The summed E-state index contributed by atoms with van der Waals surface area (Å²) in [6, 6.07) is 6.44. The van der Waals surface area contributed by atoms with E-state index in [0.29, 0.717) is 9.84 Å². The molecule has 0 heterocycles. The minimum absolute atomic E-state index is 0.531. The number of hydrogen-bond acceptors (Lipinski definition) is 1. The van der Waals surface area contributed by atoms with Crippen LogP contribution in [0.5, 0.6) is 0 Å². The zero-order chi connectivity index (χ0) is 10.0. The van der Waals surface area contributed by atoms with Crippen LogP contribution in [0.1, 0.15) is 41.7 Å². The fourth-order valence-electron chi connectivity index (χ4n) is 1.37. The van der Waals surface area contributed by atoms with Gasteiger partial charge in [-0.15, -0.1) is 12.6 Å². The van der Waals surface area contributed by atoms with Crippen molar-refractivity contribution in [3.8, 4) is 0 Å². The number of benzene rings is 1. The van der Waals surface area contributed by atoms with Crippen molar-refractivity contribution in [2.75, 3.05) is 0 Å². The van der Waals surface area contributed by atoms with E-state index >= 15 is 0 Å². The van der Waals surface area contributed by atoms with Crippen LogP contribution in [0.3, 0.4) is 0 Å². The van der Waals surface area contributed by atoms with Crippen molar-refractivity contribution in [2.24, 2.45) is 0 Å². The average molecular weight is 306 g/mol. The highest BCUT2D eigenvalue weighted by Crippen LogP contribution is 2.33. The Labute approximate surface area is 99.7 Å². The summed E-state index contributed by atoms with van der Waals surface area (Å²) in [5, 5.41) is 0. The smallest absolute Gasteiger partial charge is 0.0342 e. The Bertz CT molecular complexity index is 266. The standard InChI is InChI=1S/C11H15IS/c1-7(2)9-5-4-6-10(8(3)12)11(9)13/h4-8,13H,1-3H3. The van der Waals surface area contributed by atoms with Gasteiger partial charge in [0.25, 0.3) is 0 Å². The Kier molecular flexibility index (Phi) is 4.10. The van der Waals surface area contributed by atoms with E-state index in [2.05, 4.69) is 74.2 Å². The molecule has 0 aliphatic carbocycles. The number of halogens is 1. The second-order valence-corrected chi connectivity index (χ2v) is 5.87. The number of hydrogen-bond donors (Lipinski definition) is 1. The van der Waals surface area contributed by atoms with E-state index in [1.807, 2.05) is 0 Å². The summed E-state index contributed by atoms with van der Waals surface area (Å²) < 4.78 is 0.531. The summed E-state index contributed by atoms with van der Waals surface area (Å²) in [5.74, 6) is 0.558. The van der Waals surface area contributed by atoms with E-state index in [-0.39, 0.29) is 0 Å². The summed E-state index contributed by atoms with van der Waals surface area (Å²) in [4.78, 5) is 1.17. The van der Waals surface area contributed by atoms with Crippen LogP contribution < -0.4 is 0 Å². The van der Waals surface area contributed by atoms with Crippen LogP contribution >= 0.6 is 35.2 Å². The minimum atomic E-state index is 0.531. The number of thiol groups is 1. The van der Waals surface area contributed by atoms with Crippen molar-refractivity contribution in [3.63, 3.8) is 0 Å². The molecule has 1 atom stereocenters. The van der Waals surface area contributed by atoms with E-state index in [1.165, 1.54) is 16.0 Å². The second kappa shape index (κ2) is 4.69. The first-order chi connectivity index (χ1) is 6.04. The molecule has 0 fully saturated rings. The van der Waals surface area contributed by atoms with Crippen molar-refractivity contribution < 1.29 is 0 Å². The molecule has 0 saturated carbocycles. The van der Waals surface area contributed by atoms with Crippen LogP contribution in [0.25, 0.3) is 0 Å². The van der Waals surface area contributed by atoms with Gasteiger partial charge in [0.15, 0.2) is 0 Å². The fourth-order valence-corrected chi connectivity index (χ4v) is 2.73. The molecule has 13 heavy (non-hydrogen) atoms. The third-order valence-electron chi connectivity index (χ3n) is 2.15. The fraction of sp³-hybridized carbons (Fsp3) is 0.455. The molecular formula is C11H15IS. The highest BCUT2D eigenvalue weighted by atomic mass is 127. The van der Waals surface area contributed by atoms with Crippen LogP contribution in [0.15, 0.2) is 23.1 Å². The van der Waals surface area contributed by atoms with E-state index < -0.39 is 0 Å². The lowest BCUT2D eigenvalue weighted by atomic mass is 10.00. The molecule has 0 saturated heterocycles. The SMILES string of the molecule is CC(C)c1cccc(C(C)I)c1S. The minimum Gasteiger partial charge on any atom is -0.143 e. The topological polar surface area (TPSA) is 0 Å². The van der Waals surface area contributed by atoms with Gasteiger partial charge < -0.3 is 0 Å². The van der Waals surface area contributed by atoms with Crippen molar-refractivity contribution in [3.05, 3.63) is 29.3 Å². The van der Waals surface area contributed by atoms with Gasteiger partial charge in [-0.25, -0.2) is 0 Å². The number of rotatable bonds is 2. The molecule has 72 valence electrons. The lowest BCUT2D eigenvalue weighted by Gasteiger charge is -2.14. The molecule has 1 aromatic rings. The maximum atomic E-state index is 4.59. The van der Waals surface area contributed by atoms with Crippen molar-refractivity contribution in [1.29, 1.82) is 0 Å². The van der Waals surface area contributed by atoms with Crippen LogP contribution in [0.2, 0.25) is 0 Å².